The molecule has 3 aromatic carbocycles. The molecule has 1 fully saturated rings. The molecule has 7 nitrogen and oxygen atoms in total. The topological polar surface area (TPSA) is 65.1 Å². The number of halogens is 1. The Morgan fingerprint density at radius 2 is 1.80 bits per heavy atom. The summed E-state index contributed by atoms with van der Waals surface area (Å²) in [4.78, 5) is 33.8. The predicted octanol–water partition coefficient (Wildman–Crippen LogP) is 4.89. The monoisotopic (exact) mass is 560 g/mol. The number of hydrogen-bond acceptors (Lipinski definition) is 6. The molecule has 208 valence electrons. The van der Waals surface area contributed by atoms with Crippen LogP contribution in [-0.2, 0) is 4.79 Å². The van der Waals surface area contributed by atoms with E-state index in [9.17, 15) is 14.0 Å². The number of nitrogens with zero attached hydrogens (tertiary/aromatic N) is 3. The first-order valence-electron chi connectivity index (χ1n) is 13.4. The van der Waals surface area contributed by atoms with Crippen molar-refractivity contribution in [2.24, 2.45) is 0 Å². The van der Waals surface area contributed by atoms with Crippen molar-refractivity contribution < 1.29 is 18.7 Å². The zero-order chi connectivity index (χ0) is 28.1. The van der Waals surface area contributed by atoms with E-state index in [2.05, 4.69) is 15.1 Å². The van der Waals surface area contributed by atoms with Crippen LogP contribution in [0.15, 0.2) is 76.5 Å². The van der Waals surface area contributed by atoms with E-state index in [0.29, 0.717) is 22.8 Å². The van der Waals surface area contributed by atoms with Gasteiger partial charge in [0.05, 0.1) is 17.7 Å². The van der Waals surface area contributed by atoms with Gasteiger partial charge in [0, 0.05) is 61.5 Å². The van der Waals surface area contributed by atoms with Gasteiger partial charge in [-0.05, 0) is 67.6 Å². The van der Waals surface area contributed by atoms with Crippen LogP contribution < -0.4 is 19.9 Å². The molecule has 1 N–H and O–H groups in total. The summed E-state index contributed by atoms with van der Waals surface area (Å²) in [5.41, 5.74) is 3.14. The molecule has 0 aromatic heterocycles. The lowest BCUT2D eigenvalue weighted by atomic mass is 10.1. The number of fused-ring (bicyclic) bond motifs is 1. The lowest BCUT2D eigenvalue weighted by Gasteiger charge is -2.36. The number of methoxy groups -OCH3 is 1. The second kappa shape index (κ2) is 12.6. The van der Waals surface area contributed by atoms with Crippen molar-refractivity contribution in [2.75, 3.05) is 63.2 Å². The van der Waals surface area contributed by atoms with Gasteiger partial charge in [0.1, 0.15) is 11.6 Å². The lowest BCUT2D eigenvalue weighted by molar-refractivity contribution is -0.114. The number of ether oxygens (including phenoxy) is 1. The second-order valence-electron chi connectivity index (χ2n) is 9.81. The molecule has 2 aliphatic heterocycles. The van der Waals surface area contributed by atoms with Crippen molar-refractivity contribution in [2.45, 2.75) is 11.3 Å². The number of likely N-dealkylation sites (N-methyl/N-ethyl adjacent to an activating group) is 1. The Labute approximate surface area is 238 Å². The molecule has 2 aliphatic rings. The van der Waals surface area contributed by atoms with E-state index in [1.165, 1.54) is 23.9 Å². The van der Waals surface area contributed by atoms with Crippen molar-refractivity contribution >= 4 is 41.0 Å². The van der Waals surface area contributed by atoms with Crippen LogP contribution >= 0.6 is 11.8 Å². The summed E-state index contributed by atoms with van der Waals surface area (Å²) in [6.45, 7) is 5.13. The number of para-hydroxylation sites is 1. The molecular formula is C31H33FN4O3S. The Morgan fingerprint density at radius 1 is 1.05 bits per heavy atom. The zero-order valence-electron chi connectivity index (χ0n) is 22.7. The highest BCUT2D eigenvalue weighted by Crippen LogP contribution is 2.42. The van der Waals surface area contributed by atoms with E-state index in [1.54, 1.807) is 31.2 Å². The van der Waals surface area contributed by atoms with Crippen LogP contribution in [0.5, 0.6) is 5.75 Å². The highest BCUT2D eigenvalue weighted by Gasteiger charge is 2.27. The fourth-order valence-corrected chi connectivity index (χ4v) is 6.03. The van der Waals surface area contributed by atoms with Gasteiger partial charge in [-0.2, -0.15) is 0 Å². The number of benzene rings is 3. The number of piperazine rings is 1. The van der Waals surface area contributed by atoms with Gasteiger partial charge in [0.15, 0.2) is 0 Å². The van der Waals surface area contributed by atoms with Crippen LogP contribution in [0.1, 0.15) is 22.3 Å². The number of thioether (sulfide) groups is 1. The van der Waals surface area contributed by atoms with Gasteiger partial charge in [-0.1, -0.05) is 30.0 Å². The van der Waals surface area contributed by atoms with Crippen molar-refractivity contribution in [3.8, 4) is 5.75 Å². The standard InChI is InChI=1S/C31H33FN4O3S/c1-34-26-20-23(8-13-28(26)40-29(31(34)38)21-22-6-3-4-7-27(22)39-2)30(37)33-14-5-15-35-16-18-36(19-17-35)25-11-9-24(32)10-12-25/h3-4,6-13,20-21H,5,14-19H2,1-2H3,(H,33,37). The zero-order valence-corrected chi connectivity index (χ0v) is 23.5. The van der Waals surface area contributed by atoms with E-state index >= 15 is 0 Å². The van der Waals surface area contributed by atoms with Crippen LogP contribution in [0, 0.1) is 5.82 Å². The molecule has 9 heteroatoms. The fourth-order valence-electron chi connectivity index (χ4n) is 4.95. The minimum absolute atomic E-state index is 0.125. The van der Waals surface area contributed by atoms with Gasteiger partial charge in [0.25, 0.3) is 11.8 Å². The summed E-state index contributed by atoms with van der Waals surface area (Å²) in [5.74, 6) is 0.215. The number of nitrogens with one attached hydrogen (secondary N) is 1. The molecular weight excluding hydrogens is 527 g/mol. The average Bonchev–Trinajstić information content (AvgIpc) is 2.98. The SMILES string of the molecule is COc1ccccc1C=C1Sc2ccc(C(=O)NCCCN3CCN(c4ccc(F)cc4)CC3)cc2N(C)C1=O. The summed E-state index contributed by atoms with van der Waals surface area (Å²) in [5, 5.41) is 3.02. The van der Waals surface area contributed by atoms with E-state index in [0.717, 1.165) is 61.0 Å². The maximum Gasteiger partial charge on any atom is 0.264 e. The van der Waals surface area contributed by atoms with Crippen LogP contribution in [0.25, 0.3) is 6.08 Å². The third-order valence-corrected chi connectivity index (χ3v) is 8.32. The Morgan fingerprint density at radius 3 is 2.55 bits per heavy atom. The largest absolute Gasteiger partial charge is 0.496 e. The first-order valence-corrected chi connectivity index (χ1v) is 14.2. The molecule has 0 aliphatic carbocycles. The lowest BCUT2D eigenvalue weighted by Crippen LogP contribution is -2.47. The molecule has 0 atom stereocenters. The quantitative estimate of drug-likeness (QED) is 0.313. The van der Waals surface area contributed by atoms with Gasteiger partial charge >= 0.3 is 0 Å². The first kappa shape index (κ1) is 27.7. The molecule has 0 unspecified atom stereocenters. The second-order valence-corrected chi connectivity index (χ2v) is 10.9. The fraction of sp³-hybridized carbons (Fsp3) is 0.290. The summed E-state index contributed by atoms with van der Waals surface area (Å²) in [6.07, 6.45) is 2.69. The maximum atomic E-state index is 13.2. The van der Waals surface area contributed by atoms with E-state index in [1.807, 2.05) is 48.5 Å². The smallest absolute Gasteiger partial charge is 0.264 e. The van der Waals surface area contributed by atoms with Gasteiger partial charge in [0.2, 0.25) is 0 Å². The maximum absolute atomic E-state index is 13.2. The molecule has 2 heterocycles. The molecule has 40 heavy (non-hydrogen) atoms. The third kappa shape index (κ3) is 6.32. The molecule has 0 bridgehead atoms. The summed E-state index contributed by atoms with van der Waals surface area (Å²) < 4.78 is 18.6. The van der Waals surface area contributed by atoms with Crippen LogP contribution in [0.3, 0.4) is 0 Å². The van der Waals surface area contributed by atoms with Crippen LogP contribution in [0.4, 0.5) is 15.8 Å². The van der Waals surface area contributed by atoms with Crippen molar-refractivity contribution in [3.63, 3.8) is 0 Å². The van der Waals surface area contributed by atoms with Gasteiger partial charge < -0.3 is 19.9 Å². The van der Waals surface area contributed by atoms with Gasteiger partial charge in [-0.3, -0.25) is 14.5 Å². The summed E-state index contributed by atoms with van der Waals surface area (Å²) >= 11 is 1.40. The first-order chi connectivity index (χ1) is 19.4. The van der Waals surface area contributed by atoms with E-state index in [4.69, 9.17) is 4.74 Å². The minimum atomic E-state index is -0.217. The summed E-state index contributed by atoms with van der Waals surface area (Å²) in [7, 11) is 3.34. The van der Waals surface area contributed by atoms with Crippen molar-refractivity contribution in [1.82, 2.24) is 10.2 Å². The predicted molar refractivity (Wildman–Crippen MR) is 159 cm³/mol. The molecule has 0 saturated carbocycles. The van der Waals surface area contributed by atoms with Crippen LogP contribution in [-0.4, -0.2) is 70.1 Å². The van der Waals surface area contributed by atoms with E-state index < -0.39 is 0 Å². The highest BCUT2D eigenvalue weighted by molar-refractivity contribution is 8.04. The highest BCUT2D eigenvalue weighted by atomic mass is 32.2. The third-order valence-electron chi connectivity index (χ3n) is 7.24. The number of carbonyl (C=O) groups is 2. The number of carbonyl (C=O) groups excluding carboxylic acids is 2. The number of rotatable bonds is 8. The molecule has 3 aromatic rings. The number of hydrogen-bond donors (Lipinski definition) is 1. The molecule has 1 saturated heterocycles. The Bertz CT molecular complexity index is 1400. The molecule has 5 rings (SSSR count). The number of anilines is 2. The minimum Gasteiger partial charge on any atom is -0.496 e. The molecule has 0 spiro atoms. The van der Waals surface area contributed by atoms with Crippen molar-refractivity contribution in [3.05, 3.63) is 88.6 Å². The van der Waals surface area contributed by atoms with Gasteiger partial charge in [-0.25, -0.2) is 4.39 Å². The normalized spacial score (nSPS) is 16.7. The Hall–Kier alpha value is -3.82. The molecule has 2 amide bonds. The van der Waals surface area contributed by atoms with Gasteiger partial charge in [-0.15, -0.1) is 0 Å². The summed E-state index contributed by atoms with van der Waals surface area (Å²) in [6, 6.07) is 19.7. The van der Waals surface area contributed by atoms with Crippen molar-refractivity contribution in [1.29, 1.82) is 0 Å². The molecule has 0 radical (unpaired) electrons. The Kier molecular flexibility index (Phi) is 8.72. The number of amides is 2. The van der Waals surface area contributed by atoms with Crippen LogP contribution in [0.2, 0.25) is 0 Å². The Balaban J connectivity index is 1.12. The van der Waals surface area contributed by atoms with E-state index in [-0.39, 0.29) is 17.6 Å². The average molecular weight is 561 g/mol.